The molecule has 0 aliphatic heterocycles. The number of carbonyl (C=O) groups is 2. The van der Waals surface area contributed by atoms with Gasteiger partial charge in [0.2, 0.25) is 5.91 Å². The van der Waals surface area contributed by atoms with Gasteiger partial charge in [0.15, 0.2) is 5.69 Å². The fourth-order valence-electron chi connectivity index (χ4n) is 1.88. The molecule has 0 aliphatic rings. The molecule has 0 unspecified atom stereocenters. The van der Waals surface area contributed by atoms with E-state index in [-0.39, 0.29) is 24.1 Å². The molecule has 0 aliphatic carbocycles. The molecule has 1 amide bonds. The Morgan fingerprint density at radius 2 is 2.00 bits per heavy atom. The third-order valence-corrected chi connectivity index (χ3v) is 2.92. The predicted molar refractivity (Wildman–Crippen MR) is 64.4 cm³/mol. The number of aromatic carboxylic acids is 1. The SMILES string of the molecule is CCC(CC)c1c(C(=O)O)nnn1CC(=O)NC. The molecule has 7 nitrogen and oxygen atoms in total. The summed E-state index contributed by atoms with van der Waals surface area (Å²) in [6.07, 6.45) is 1.55. The molecule has 18 heavy (non-hydrogen) atoms. The van der Waals surface area contributed by atoms with Crippen LogP contribution >= 0.6 is 0 Å². The van der Waals surface area contributed by atoms with E-state index in [0.29, 0.717) is 5.69 Å². The van der Waals surface area contributed by atoms with Crippen molar-refractivity contribution in [2.24, 2.45) is 0 Å². The minimum absolute atomic E-state index is 0.0113. The van der Waals surface area contributed by atoms with Crippen LogP contribution in [-0.2, 0) is 11.3 Å². The zero-order valence-corrected chi connectivity index (χ0v) is 10.8. The third kappa shape index (κ3) is 2.85. The summed E-state index contributed by atoms with van der Waals surface area (Å²) in [6, 6.07) is 0. The van der Waals surface area contributed by atoms with E-state index in [9.17, 15) is 9.59 Å². The molecule has 100 valence electrons. The van der Waals surface area contributed by atoms with Crippen molar-refractivity contribution < 1.29 is 14.7 Å². The number of likely N-dealkylation sites (N-methyl/N-ethyl adjacent to an activating group) is 1. The Labute approximate surface area is 105 Å². The molecule has 0 spiro atoms. The molecule has 1 rings (SSSR count). The topological polar surface area (TPSA) is 97.1 Å². The van der Waals surface area contributed by atoms with Crippen LogP contribution in [0.3, 0.4) is 0 Å². The highest BCUT2D eigenvalue weighted by Crippen LogP contribution is 2.25. The minimum Gasteiger partial charge on any atom is -0.476 e. The minimum atomic E-state index is -1.11. The summed E-state index contributed by atoms with van der Waals surface area (Å²) in [5.74, 6) is -1.31. The molecular formula is C11H18N4O3. The fraction of sp³-hybridized carbons (Fsp3) is 0.636. The maximum atomic E-state index is 11.4. The van der Waals surface area contributed by atoms with Crippen molar-refractivity contribution in [3.63, 3.8) is 0 Å². The van der Waals surface area contributed by atoms with Crippen LogP contribution < -0.4 is 5.32 Å². The number of carbonyl (C=O) groups excluding carboxylic acids is 1. The Bertz CT molecular complexity index is 437. The van der Waals surface area contributed by atoms with Gasteiger partial charge < -0.3 is 10.4 Å². The molecule has 0 radical (unpaired) electrons. The first kappa shape index (κ1) is 14.1. The van der Waals surface area contributed by atoms with Crippen LogP contribution in [0.15, 0.2) is 0 Å². The first-order valence-corrected chi connectivity index (χ1v) is 5.92. The van der Waals surface area contributed by atoms with Crippen molar-refractivity contribution >= 4 is 11.9 Å². The van der Waals surface area contributed by atoms with Crippen molar-refractivity contribution in [3.05, 3.63) is 11.4 Å². The maximum Gasteiger partial charge on any atom is 0.358 e. The van der Waals surface area contributed by atoms with Crippen molar-refractivity contribution in [1.82, 2.24) is 20.3 Å². The molecule has 7 heteroatoms. The van der Waals surface area contributed by atoms with Crippen molar-refractivity contribution in [1.29, 1.82) is 0 Å². The number of amides is 1. The summed E-state index contributed by atoms with van der Waals surface area (Å²) in [6.45, 7) is 3.93. The molecule has 1 aromatic heterocycles. The van der Waals surface area contributed by atoms with E-state index in [1.165, 1.54) is 11.7 Å². The Hall–Kier alpha value is -1.92. The van der Waals surface area contributed by atoms with Crippen molar-refractivity contribution in [2.45, 2.75) is 39.2 Å². The molecule has 0 saturated carbocycles. The normalized spacial score (nSPS) is 10.7. The average Bonchev–Trinajstić information content (AvgIpc) is 2.75. The van der Waals surface area contributed by atoms with Gasteiger partial charge in [-0.1, -0.05) is 19.1 Å². The van der Waals surface area contributed by atoms with E-state index < -0.39 is 5.97 Å². The number of carboxylic acid groups (broad SMARTS) is 1. The van der Waals surface area contributed by atoms with E-state index in [2.05, 4.69) is 15.6 Å². The molecule has 2 N–H and O–H groups in total. The number of carboxylic acids is 1. The van der Waals surface area contributed by atoms with Gasteiger partial charge >= 0.3 is 5.97 Å². The molecule has 0 aromatic carbocycles. The van der Waals surface area contributed by atoms with E-state index in [1.807, 2.05) is 13.8 Å². The quantitative estimate of drug-likeness (QED) is 0.775. The van der Waals surface area contributed by atoms with Gasteiger partial charge in [0, 0.05) is 13.0 Å². The Morgan fingerprint density at radius 3 is 2.44 bits per heavy atom. The van der Waals surface area contributed by atoms with E-state index in [0.717, 1.165) is 12.8 Å². The smallest absolute Gasteiger partial charge is 0.358 e. The fourth-order valence-corrected chi connectivity index (χ4v) is 1.88. The summed E-state index contributed by atoms with van der Waals surface area (Å²) >= 11 is 0. The molecule has 1 aromatic rings. The third-order valence-electron chi connectivity index (χ3n) is 2.92. The lowest BCUT2D eigenvalue weighted by molar-refractivity contribution is -0.121. The number of aromatic nitrogens is 3. The van der Waals surface area contributed by atoms with Gasteiger partial charge in [0.05, 0.1) is 5.69 Å². The molecule has 0 fully saturated rings. The average molecular weight is 254 g/mol. The summed E-state index contributed by atoms with van der Waals surface area (Å²) in [4.78, 5) is 22.5. The second-order valence-electron chi connectivity index (χ2n) is 3.97. The summed E-state index contributed by atoms with van der Waals surface area (Å²) in [5.41, 5.74) is 0.462. The number of rotatable bonds is 6. The lowest BCUT2D eigenvalue weighted by atomic mass is 9.97. The van der Waals surface area contributed by atoms with Crippen LogP contribution in [0.1, 0.15) is 48.8 Å². The molecule has 1 heterocycles. The van der Waals surface area contributed by atoms with Crippen molar-refractivity contribution in [3.8, 4) is 0 Å². The summed E-state index contributed by atoms with van der Waals surface area (Å²) < 4.78 is 1.37. The van der Waals surface area contributed by atoms with Crippen molar-refractivity contribution in [2.75, 3.05) is 7.05 Å². The molecule has 0 atom stereocenters. The number of nitrogens with zero attached hydrogens (tertiary/aromatic N) is 3. The van der Waals surface area contributed by atoms with Gasteiger partial charge in [-0.3, -0.25) is 4.79 Å². The van der Waals surface area contributed by atoms with Gasteiger partial charge in [0.1, 0.15) is 6.54 Å². The largest absolute Gasteiger partial charge is 0.476 e. The van der Waals surface area contributed by atoms with Crippen LogP contribution in [0.25, 0.3) is 0 Å². The van der Waals surface area contributed by atoms with Gasteiger partial charge in [-0.25, -0.2) is 9.48 Å². The highest BCUT2D eigenvalue weighted by atomic mass is 16.4. The van der Waals surface area contributed by atoms with Gasteiger partial charge in [-0.05, 0) is 12.8 Å². The maximum absolute atomic E-state index is 11.4. The second kappa shape index (κ2) is 6.13. The van der Waals surface area contributed by atoms with Crippen LogP contribution in [-0.4, -0.2) is 39.0 Å². The number of hydrogen-bond acceptors (Lipinski definition) is 4. The first-order chi connectivity index (χ1) is 8.54. The van der Waals surface area contributed by atoms with E-state index in [4.69, 9.17) is 5.11 Å². The predicted octanol–water partition coefficient (Wildman–Crippen LogP) is 0.626. The van der Waals surface area contributed by atoms with Gasteiger partial charge in [0.25, 0.3) is 0 Å². The zero-order chi connectivity index (χ0) is 13.7. The molecule has 0 bridgehead atoms. The lowest BCUT2D eigenvalue weighted by Gasteiger charge is -2.14. The first-order valence-electron chi connectivity index (χ1n) is 5.92. The van der Waals surface area contributed by atoms with Crippen LogP contribution in [0.2, 0.25) is 0 Å². The summed E-state index contributed by atoms with van der Waals surface area (Å²) in [7, 11) is 1.52. The van der Waals surface area contributed by atoms with Gasteiger partial charge in [-0.15, -0.1) is 5.10 Å². The molecule has 0 saturated heterocycles. The van der Waals surface area contributed by atoms with Crippen LogP contribution in [0.4, 0.5) is 0 Å². The van der Waals surface area contributed by atoms with Crippen LogP contribution in [0, 0.1) is 0 Å². The standard InChI is InChI=1S/C11H18N4O3/c1-4-7(5-2)10-9(11(17)18)13-14-15(10)6-8(16)12-3/h7H,4-6H2,1-3H3,(H,12,16)(H,17,18). The Balaban J connectivity index is 3.18. The number of nitrogens with one attached hydrogen (secondary N) is 1. The Morgan fingerprint density at radius 1 is 1.39 bits per heavy atom. The zero-order valence-electron chi connectivity index (χ0n) is 10.8. The molecular weight excluding hydrogens is 236 g/mol. The monoisotopic (exact) mass is 254 g/mol. The number of hydrogen-bond donors (Lipinski definition) is 2. The van der Waals surface area contributed by atoms with E-state index in [1.54, 1.807) is 0 Å². The second-order valence-corrected chi connectivity index (χ2v) is 3.97. The van der Waals surface area contributed by atoms with E-state index >= 15 is 0 Å². The highest BCUT2D eigenvalue weighted by Gasteiger charge is 2.25. The van der Waals surface area contributed by atoms with Gasteiger partial charge in [-0.2, -0.15) is 0 Å². The lowest BCUT2D eigenvalue weighted by Crippen LogP contribution is -2.26. The highest BCUT2D eigenvalue weighted by molar-refractivity contribution is 5.87. The Kier molecular flexibility index (Phi) is 4.82. The van der Waals surface area contributed by atoms with Crippen LogP contribution in [0.5, 0.6) is 0 Å². The summed E-state index contributed by atoms with van der Waals surface area (Å²) in [5, 5.41) is 19.0.